The summed E-state index contributed by atoms with van der Waals surface area (Å²) in [7, 11) is 0. The lowest BCUT2D eigenvalue weighted by atomic mass is 9.95. The van der Waals surface area contributed by atoms with Gasteiger partial charge in [-0.2, -0.15) is 25.8 Å². The summed E-state index contributed by atoms with van der Waals surface area (Å²) in [5, 5.41) is 27.4. The second-order valence-corrected chi connectivity index (χ2v) is 13.8. The second-order valence-electron chi connectivity index (χ2n) is 13.5. The van der Waals surface area contributed by atoms with Crippen LogP contribution in [0.1, 0.15) is 119 Å². The molecule has 0 unspecified atom stereocenters. The Bertz CT molecular complexity index is 1070. The molecule has 17 heteroatoms. The van der Waals surface area contributed by atoms with Gasteiger partial charge in [0.1, 0.15) is 24.2 Å². The number of hydrogen-bond acceptors (Lipinski definition) is 8. The fourth-order valence-electron chi connectivity index (χ4n) is 4.82. The normalized spacial score (nSPS) is 14.3. The third kappa shape index (κ3) is 23.9. The first-order valence-corrected chi connectivity index (χ1v) is 18.4. The van der Waals surface area contributed by atoms with Crippen LogP contribution in [0.4, 0.5) is 13.2 Å². The summed E-state index contributed by atoms with van der Waals surface area (Å²) >= 11 is 4.24. The highest BCUT2D eigenvalue weighted by Gasteiger charge is 2.38. The molecule has 0 bridgehead atoms. The molecule has 0 saturated carbocycles. The molecule has 0 aromatic rings. The molecule has 0 aliphatic carbocycles. The molecule has 0 aliphatic heterocycles. The van der Waals surface area contributed by atoms with Crippen LogP contribution in [0.5, 0.6) is 0 Å². The molecule has 0 radical (unpaired) electrons. The molecule has 0 aromatic heterocycles. The quantitative estimate of drug-likeness (QED) is 0.0494. The molecule has 298 valence electrons. The van der Waals surface area contributed by atoms with E-state index in [1.165, 1.54) is 25.7 Å². The van der Waals surface area contributed by atoms with Crippen LogP contribution in [0.2, 0.25) is 0 Å². The molecule has 0 aromatic carbocycles. The maximum Gasteiger partial charge on any atom is 0.490 e. The molecule has 0 fully saturated rings. The van der Waals surface area contributed by atoms with Gasteiger partial charge in [0.25, 0.3) is 0 Å². The van der Waals surface area contributed by atoms with Crippen molar-refractivity contribution in [3.05, 3.63) is 0 Å². The summed E-state index contributed by atoms with van der Waals surface area (Å²) in [6.45, 7) is 11.7. The molecular weight excluding hydrogens is 695 g/mol. The number of carboxylic acid groups (broad SMARTS) is 2. The van der Waals surface area contributed by atoms with E-state index in [2.05, 4.69) is 33.9 Å². The zero-order valence-corrected chi connectivity index (χ0v) is 31.8. The standard InChI is InChI=1S/C32H61N5O6S.C2HF3O2/c1-7-23(6)28(31(41)35-24(32(42)43)19-21(2)3)37-30(40)27(22(4)5)36-29(39)25(20-44)34-26(38)17-15-13-11-9-8-10-12-14-16-18-33;3-2(4,5)1(6)7/h21-25,27-28,44H,7-20,33H2,1-6H3,(H,34,38)(H,35,41)(H,36,39)(H,37,40)(H,42,43);(H,6,7)/t23-,24-,25+,27-,28-;/m0./s1. The van der Waals surface area contributed by atoms with Crippen LogP contribution in [0.3, 0.4) is 0 Å². The Hall–Kier alpha value is -3.08. The Morgan fingerprint density at radius 2 is 1.14 bits per heavy atom. The number of amides is 4. The number of alkyl halides is 3. The minimum atomic E-state index is -5.08. The van der Waals surface area contributed by atoms with Gasteiger partial charge >= 0.3 is 18.1 Å². The van der Waals surface area contributed by atoms with Gasteiger partial charge in [0.15, 0.2) is 0 Å². The zero-order chi connectivity index (χ0) is 39.7. The Kier molecular flexibility index (Phi) is 27.0. The van der Waals surface area contributed by atoms with E-state index in [9.17, 15) is 42.3 Å². The number of carbonyl (C=O) groups excluding carboxylic acids is 4. The number of nitrogens with two attached hydrogens (primary N) is 1. The molecule has 5 atom stereocenters. The summed E-state index contributed by atoms with van der Waals surface area (Å²) in [5.41, 5.74) is 5.52. The Morgan fingerprint density at radius 3 is 1.53 bits per heavy atom. The number of nitrogens with one attached hydrogen (secondary N) is 4. The summed E-state index contributed by atoms with van der Waals surface area (Å²) in [6, 6.07) is -3.98. The number of thiol groups is 1. The molecule has 0 spiro atoms. The summed E-state index contributed by atoms with van der Waals surface area (Å²) in [6.07, 6.45) is 5.79. The summed E-state index contributed by atoms with van der Waals surface area (Å²) in [4.78, 5) is 72.7. The van der Waals surface area contributed by atoms with Crippen molar-refractivity contribution >= 4 is 48.2 Å². The van der Waals surface area contributed by atoms with Gasteiger partial charge < -0.3 is 37.2 Å². The number of rotatable bonds is 25. The smallest absolute Gasteiger partial charge is 0.480 e. The maximum atomic E-state index is 13.4. The van der Waals surface area contributed by atoms with Crippen LogP contribution in [-0.2, 0) is 28.8 Å². The number of aliphatic carboxylic acids is 2. The summed E-state index contributed by atoms with van der Waals surface area (Å²) in [5.74, 6) is -6.35. The van der Waals surface area contributed by atoms with Gasteiger partial charge in [0.2, 0.25) is 23.6 Å². The van der Waals surface area contributed by atoms with Crippen molar-refractivity contribution in [3.63, 3.8) is 0 Å². The lowest BCUT2D eigenvalue weighted by Crippen LogP contribution is -2.60. The average Bonchev–Trinajstić information content (AvgIpc) is 3.04. The van der Waals surface area contributed by atoms with Crippen LogP contribution in [0.25, 0.3) is 0 Å². The van der Waals surface area contributed by atoms with Gasteiger partial charge in [-0.05, 0) is 43.6 Å². The van der Waals surface area contributed by atoms with Crippen molar-refractivity contribution < 1.29 is 52.2 Å². The third-order valence-corrected chi connectivity index (χ3v) is 8.41. The molecular formula is C34H62F3N5O8S. The second kappa shape index (κ2) is 27.6. The molecule has 8 N–H and O–H groups in total. The van der Waals surface area contributed by atoms with Gasteiger partial charge in [0, 0.05) is 12.2 Å². The average molecular weight is 758 g/mol. The lowest BCUT2D eigenvalue weighted by molar-refractivity contribution is -0.192. The molecule has 0 heterocycles. The van der Waals surface area contributed by atoms with E-state index in [0.29, 0.717) is 12.8 Å². The third-order valence-electron chi connectivity index (χ3n) is 8.05. The van der Waals surface area contributed by atoms with Crippen LogP contribution < -0.4 is 27.0 Å². The molecule has 0 saturated heterocycles. The molecule has 13 nitrogen and oxygen atoms in total. The van der Waals surface area contributed by atoms with E-state index >= 15 is 0 Å². The minimum Gasteiger partial charge on any atom is -0.480 e. The topological polar surface area (TPSA) is 217 Å². The Labute approximate surface area is 306 Å². The fraction of sp³-hybridized carbons (Fsp3) is 0.824. The van der Waals surface area contributed by atoms with Crippen molar-refractivity contribution in [1.29, 1.82) is 0 Å². The van der Waals surface area contributed by atoms with Gasteiger partial charge in [-0.1, -0.05) is 92.9 Å². The Balaban J connectivity index is 0. The van der Waals surface area contributed by atoms with Gasteiger partial charge in [-0.25, -0.2) is 9.59 Å². The number of carbonyl (C=O) groups is 6. The molecule has 0 aliphatic rings. The van der Waals surface area contributed by atoms with E-state index in [-0.39, 0.29) is 35.8 Å². The van der Waals surface area contributed by atoms with E-state index in [1.54, 1.807) is 20.8 Å². The number of halogens is 3. The zero-order valence-electron chi connectivity index (χ0n) is 30.9. The molecule has 0 rings (SSSR count). The van der Waals surface area contributed by atoms with E-state index in [1.807, 2.05) is 20.8 Å². The van der Waals surface area contributed by atoms with Crippen LogP contribution in [0, 0.1) is 17.8 Å². The van der Waals surface area contributed by atoms with Crippen LogP contribution >= 0.6 is 12.6 Å². The SMILES string of the molecule is CC[C@H](C)[C@H](NC(=O)[C@@H](NC(=O)[C@@H](CS)NC(=O)CCCCCCCCCCCN)C(C)C)C(=O)N[C@@H](CC(C)C)C(=O)O.O=C(O)C(F)(F)F. The predicted molar refractivity (Wildman–Crippen MR) is 192 cm³/mol. The number of hydrogen-bond donors (Lipinski definition) is 8. The van der Waals surface area contributed by atoms with Crippen molar-refractivity contribution in [3.8, 4) is 0 Å². The fourth-order valence-corrected chi connectivity index (χ4v) is 5.07. The first kappa shape index (κ1) is 50.0. The van der Waals surface area contributed by atoms with Crippen LogP contribution in [-0.4, -0.2) is 88.4 Å². The number of unbranched alkanes of at least 4 members (excludes halogenated alkanes) is 8. The van der Waals surface area contributed by atoms with E-state index in [0.717, 1.165) is 38.6 Å². The lowest BCUT2D eigenvalue weighted by Gasteiger charge is -2.30. The van der Waals surface area contributed by atoms with Gasteiger partial charge in [-0.15, -0.1) is 0 Å². The highest BCUT2D eigenvalue weighted by Crippen LogP contribution is 2.14. The van der Waals surface area contributed by atoms with Crippen molar-refractivity contribution in [2.24, 2.45) is 23.5 Å². The van der Waals surface area contributed by atoms with Crippen molar-refractivity contribution in [2.75, 3.05) is 12.3 Å². The first-order chi connectivity index (χ1) is 23.7. The van der Waals surface area contributed by atoms with E-state index in [4.69, 9.17) is 15.6 Å². The molecule has 51 heavy (non-hydrogen) atoms. The maximum absolute atomic E-state index is 13.4. The first-order valence-electron chi connectivity index (χ1n) is 17.8. The number of carboxylic acids is 2. The van der Waals surface area contributed by atoms with E-state index < -0.39 is 60.0 Å². The van der Waals surface area contributed by atoms with Gasteiger partial charge in [-0.3, -0.25) is 19.2 Å². The predicted octanol–water partition coefficient (Wildman–Crippen LogP) is 4.18. The monoisotopic (exact) mass is 757 g/mol. The Morgan fingerprint density at radius 1 is 0.686 bits per heavy atom. The van der Waals surface area contributed by atoms with Crippen LogP contribution in [0.15, 0.2) is 0 Å². The molecule has 4 amide bonds. The highest BCUT2D eigenvalue weighted by atomic mass is 32.1. The minimum absolute atomic E-state index is 0.0422. The van der Waals surface area contributed by atoms with Crippen molar-refractivity contribution in [1.82, 2.24) is 21.3 Å². The highest BCUT2D eigenvalue weighted by molar-refractivity contribution is 7.80. The summed E-state index contributed by atoms with van der Waals surface area (Å²) < 4.78 is 31.7. The van der Waals surface area contributed by atoms with Gasteiger partial charge in [0.05, 0.1) is 0 Å². The largest absolute Gasteiger partial charge is 0.490 e. The van der Waals surface area contributed by atoms with Crippen molar-refractivity contribution in [2.45, 2.75) is 149 Å².